The number of rotatable bonds is 5. The number of nitrogens with zero attached hydrogens (tertiary/aromatic N) is 1. The van der Waals surface area contributed by atoms with Crippen molar-refractivity contribution in [1.29, 1.82) is 0 Å². The van der Waals surface area contributed by atoms with Gasteiger partial charge in [-0.05, 0) is 30.7 Å². The molecule has 2 atom stereocenters. The minimum absolute atomic E-state index is 0.0463. The summed E-state index contributed by atoms with van der Waals surface area (Å²) in [7, 11) is -3.94. The van der Waals surface area contributed by atoms with Gasteiger partial charge in [-0.2, -0.15) is 8.42 Å². The van der Waals surface area contributed by atoms with Gasteiger partial charge in [-0.3, -0.25) is 4.18 Å². The molecule has 0 aliphatic carbocycles. The predicted octanol–water partition coefficient (Wildman–Crippen LogP) is 2.31. The van der Waals surface area contributed by atoms with Gasteiger partial charge in [0.05, 0.1) is 18.0 Å². The van der Waals surface area contributed by atoms with E-state index in [9.17, 15) is 13.2 Å². The van der Waals surface area contributed by atoms with Crippen LogP contribution in [0.3, 0.4) is 0 Å². The lowest BCUT2D eigenvalue weighted by molar-refractivity contribution is -0.0730. The van der Waals surface area contributed by atoms with Gasteiger partial charge in [0.2, 0.25) is 0 Å². The number of carbonyl (C=O) groups is 1. The van der Waals surface area contributed by atoms with Crippen LogP contribution in [-0.4, -0.2) is 56.4 Å². The molecule has 9 heteroatoms. The first-order valence-corrected chi connectivity index (χ1v) is 9.32. The molecule has 7 nitrogen and oxygen atoms in total. The average Bonchev–Trinajstić information content (AvgIpc) is 2.53. The summed E-state index contributed by atoms with van der Waals surface area (Å²) in [6, 6.07) is 6.11. The molecule has 0 spiro atoms. The Bertz CT molecular complexity index is 648. The Morgan fingerprint density at radius 3 is 2.70 bits per heavy atom. The maximum Gasteiger partial charge on any atom is 0.407 e. The summed E-state index contributed by atoms with van der Waals surface area (Å²) in [4.78, 5) is 12.3. The zero-order valence-corrected chi connectivity index (χ0v) is 14.9. The summed E-state index contributed by atoms with van der Waals surface area (Å²) in [5.74, 6) is 0. The molecule has 1 aliphatic rings. The number of ether oxygens (including phenoxy) is 1. The number of halogens is 1. The van der Waals surface area contributed by atoms with Crippen LogP contribution in [0.15, 0.2) is 33.6 Å². The molecule has 0 bridgehead atoms. The van der Waals surface area contributed by atoms with Gasteiger partial charge in [-0.1, -0.05) is 22.9 Å². The Hall–Kier alpha value is -1.16. The molecule has 1 heterocycles. The fourth-order valence-electron chi connectivity index (χ4n) is 2.29. The van der Waals surface area contributed by atoms with Crippen molar-refractivity contribution in [2.75, 3.05) is 19.7 Å². The SMILES string of the molecule is CC[C@H](OS(=O)(=O)c1ccc(Br)cc1)[C@@H]1CN(C(=O)O)CCO1. The monoisotopic (exact) mass is 407 g/mol. The van der Waals surface area contributed by atoms with E-state index in [-0.39, 0.29) is 24.6 Å². The standard InChI is InChI=1S/C14H18BrNO6S/c1-2-12(13-9-16(14(17)18)7-8-21-13)22-23(19,20)11-5-3-10(15)4-6-11/h3-6,12-13H,2,7-9H2,1H3,(H,17,18)/t12-,13-/m0/s1. The van der Waals surface area contributed by atoms with Crippen LogP contribution in [0.1, 0.15) is 13.3 Å². The van der Waals surface area contributed by atoms with E-state index < -0.39 is 28.4 Å². The van der Waals surface area contributed by atoms with Crippen LogP contribution in [-0.2, 0) is 19.0 Å². The quantitative estimate of drug-likeness (QED) is 0.752. The van der Waals surface area contributed by atoms with Gasteiger partial charge in [0, 0.05) is 11.0 Å². The van der Waals surface area contributed by atoms with Crippen LogP contribution >= 0.6 is 15.9 Å². The van der Waals surface area contributed by atoms with Crippen molar-refractivity contribution < 1.29 is 27.2 Å². The van der Waals surface area contributed by atoms with E-state index in [0.717, 1.165) is 4.47 Å². The zero-order chi connectivity index (χ0) is 17.0. The summed E-state index contributed by atoms with van der Waals surface area (Å²) in [6.07, 6.45) is -2.03. The number of hydrogen-bond acceptors (Lipinski definition) is 5. The highest BCUT2D eigenvalue weighted by Crippen LogP contribution is 2.22. The highest BCUT2D eigenvalue weighted by Gasteiger charge is 2.33. The van der Waals surface area contributed by atoms with Crippen molar-refractivity contribution in [3.63, 3.8) is 0 Å². The Morgan fingerprint density at radius 2 is 2.13 bits per heavy atom. The molecular weight excluding hydrogens is 390 g/mol. The molecule has 0 radical (unpaired) electrons. The first kappa shape index (κ1) is 18.2. The highest BCUT2D eigenvalue weighted by molar-refractivity contribution is 9.10. The molecule has 1 amide bonds. The summed E-state index contributed by atoms with van der Waals surface area (Å²) in [5, 5.41) is 9.05. The number of carboxylic acid groups (broad SMARTS) is 1. The van der Waals surface area contributed by atoms with Gasteiger partial charge < -0.3 is 14.7 Å². The zero-order valence-electron chi connectivity index (χ0n) is 12.5. The minimum Gasteiger partial charge on any atom is -0.465 e. The number of benzene rings is 1. The minimum atomic E-state index is -3.94. The summed E-state index contributed by atoms with van der Waals surface area (Å²) in [6.45, 7) is 2.34. The number of amides is 1. The van der Waals surface area contributed by atoms with Crippen LogP contribution in [0.2, 0.25) is 0 Å². The van der Waals surface area contributed by atoms with Crippen molar-refractivity contribution in [2.45, 2.75) is 30.4 Å². The third-order valence-corrected chi connectivity index (χ3v) is 5.41. The van der Waals surface area contributed by atoms with E-state index >= 15 is 0 Å². The van der Waals surface area contributed by atoms with Crippen molar-refractivity contribution in [2.24, 2.45) is 0 Å². The molecule has 1 aromatic rings. The second-order valence-corrected chi connectivity index (χ2v) is 7.58. The van der Waals surface area contributed by atoms with E-state index in [1.54, 1.807) is 19.1 Å². The smallest absolute Gasteiger partial charge is 0.407 e. The molecular formula is C14H18BrNO6S. The second kappa shape index (κ2) is 7.61. The van der Waals surface area contributed by atoms with Crippen molar-refractivity contribution >= 4 is 32.1 Å². The Kier molecular flexibility index (Phi) is 6.01. The lowest BCUT2D eigenvalue weighted by atomic mass is 10.1. The van der Waals surface area contributed by atoms with Gasteiger partial charge >= 0.3 is 6.09 Å². The van der Waals surface area contributed by atoms with E-state index in [4.69, 9.17) is 14.0 Å². The van der Waals surface area contributed by atoms with Crippen LogP contribution in [0.4, 0.5) is 4.79 Å². The maximum atomic E-state index is 12.3. The Labute approximate surface area is 143 Å². The topological polar surface area (TPSA) is 93.1 Å². The Balaban J connectivity index is 2.12. The lowest BCUT2D eigenvalue weighted by Crippen LogP contribution is -2.50. The molecule has 0 unspecified atom stereocenters. The van der Waals surface area contributed by atoms with Crippen LogP contribution in [0, 0.1) is 0 Å². The molecule has 23 heavy (non-hydrogen) atoms. The van der Waals surface area contributed by atoms with E-state index in [1.807, 2.05) is 0 Å². The first-order chi connectivity index (χ1) is 10.8. The molecule has 1 fully saturated rings. The molecule has 128 valence electrons. The fraction of sp³-hybridized carbons (Fsp3) is 0.500. The third kappa shape index (κ3) is 4.66. The van der Waals surface area contributed by atoms with Gasteiger partial charge in [0.25, 0.3) is 10.1 Å². The normalized spacial score (nSPS) is 20.3. The maximum absolute atomic E-state index is 12.3. The van der Waals surface area contributed by atoms with Gasteiger partial charge in [-0.25, -0.2) is 4.79 Å². The molecule has 1 N–H and O–H groups in total. The van der Waals surface area contributed by atoms with Crippen molar-refractivity contribution in [3.8, 4) is 0 Å². The van der Waals surface area contributed by atoms with Crippen molar-refractivity contribution in [3.05, 3.63) is 28.7 Å². The van der Waals surface area contributed by atoms with Gasteiger partial charge in [-0.15, -0.1) is 0 Å². The van der Waals surface area contributed by atoms with Crippen LogP contribution in [0.5, 0.6) is 0 Å². The van der Waals surface area contributed by atoms with Crippen LogP contribution in [0.25, 0.3) is 0 Å². The molecule has 1 saturated heterocycles. The average molecular weight is 408 g/mol. The van der Waals surface area contributed by atoms with E-state index in [1.165, 1.54) is 17.0 Å². The first-order valence-electron chi connectivity index (χ1n) is 7.12. The number of morpholine rings is 1. The van der Waals surface area contributed by atoms with E-state index in [0.29, 0.717) is 6.42 Å². The van der Waals surface area contributed by atoms with Crippen molar-refractivity contribution in [1.82, 2.24) is 4.90 Å². The van der Waals surface area contributed by atoms with Crippen LogP contribution < -0.4 is 0 Å². The van der Waals surface area contributed by atoms with Gasteiger partial charge in [0.1, 0.15) is 12.2 Å². The molecule has 1 aromatic carbocycles. The second-order valence-electron chi connectivity index (χ2n) is 5.09. The number of hydrogen-bond donors (Lipinski definition) is 1. The highest BCUT2D eigenvalue weighted by atomic mass is 79.9. The lowest BCUT2D eigenvalue weighted by Gasteiger charge is -2.34. The molecule has 0 aromatic heterocycles. The molecule has 1 aliphatic heterocycles. The molecule has 0 saturated carbocycles. The third-order valence-electron chi connectivity index (χ3n) is 3.53. The summed E-state index contributed by atoms with van der Waals surface area (Å²) in [5.41, 5.74) is 0. The largest absolute Gasteiger partial charge is 0.465 e. The van der Waals surface area contributed by atoms with E-state index in [2.05, 4.69) is 15.9 Å². The fourth-order valence-corrected chi connectivity index (χ4v) is 3.72. The van der Waals surface area contributed by atoms with Gasteiger partial charge in [0.15, 0.2) is 0 Å². The molecule has 2 rings (SSSR count). The predicted molar refractivity (Wildman–Crippen MR) is 85.8 cm³/mol. The summed E-state index contributed by atoms with van der Waals surface area (Å²) < 4.78 is 36.3. The summed E-state index contributed by atoms with van der Waals surface area (Å²) >= 11 is 3.24. The Morgan fingerprint density at radius 1 is 1.48 bits per heavy atom.